The highest BCUT2D eigenvalue weighted by atomic mass is 32.1. The van der Waals surface area contributed by atoms with E-state index in [9.17, 15) is 14.4 Å². The van der Waals surface area contributed by atoms with Crippen LogP contribution in [0.3, 0.4) is 0 Å². The number of hydrogen-bond acceptors (Lipinski definition) is 4. The second-order valence-electron chi connectivity index (χ2n) is 2.84. The van der Waals surface area contributed by atoms with Crippen molar-refractivity contribution in [2.24, 2.45) is 0 Å². The summed E-state index contributed by atoms with van der Waals surface area (Å²) >= 11 is 3.42. The first kappa shape index (κ1) is 14.5. The molecule has 0 saturated heterocycles. The number of amides is 1. The van der Waals surface area contributed by atoms with Crippen molar-refractivity contribution in [1.29, 1.82) is 0 Å². The van der Waals surface area contributed by atoms with Crippen molar-refractivity contribution < 1.29 is 24.2 Å². The third-order valence-electron chi connectivity index (χ3n) is 1.67. The molecule has 0 rings (SSSR count). The summed E-state index contributed by atoms with van der Waals surface area (Å²) in [7, 11) is 1.24. The van der Waals surface area contributed by atoms with Crippen molar-refractivity contribution in [1.82, 2.24) is 5.32 Å². The predicted molar refractivity (Wildman–Crippen MR) is 59.3 cm³/mol. The summed E-state index contributed by atoms with van der Waals surface area (Å²) in [6, 6.07) is -1.01. The van der Waals surface area contributed by atoms with Gasteiger partial charge in [0.2, 0.25) is 0 Å². The Morgan fingerprint density at radius 3 is 2.56 bits per heavy atom. The number of carbonyl (C=O) groups is 3. The number of ether oxygens (including phenoxy) is 1. The topological polar surface area (TPSA) is 92.7 Å². The van der Waals surface area contributed by atoms with E-state index in [0.29, 0.717) is 6.42 Å². The number of rotatable bonds is 6. The van der Waals surface area contributed by atoms with Gasteiger partial charge in [-0.3, -0.25) is 4.79 Å². The number of hydrogen-bond donors (Lipinski definition) is 3. The summed E-state index contributed by atoms with van der Waals surface area (Å²) in [5.41, 5.74) is 0. The van der Waals surface area contributed by atoms with Crippen molar-refractivity contribution in [3.05, 3.63) is 12.2 Å². The fraction of sp³-hybridized carbons (Fsp3) is 0.444. The largest absolute Gasteiger partial charge is 0.480 e. The molecule has 6 nitrogen and oxygen atoms in total. The molecule has 0 fully saturated rings. The fourth-order valence-electron chi connectivity index (χ4n) is 0.917. The Morgan fingerprint density at radius 2 is 2.12 bits per heavy atom. The number of nitrogens with one attached hydrogen (secondary N) is 1. The first-order valence-electron chi connectivity index (χ1n) is 4.44. The van der Waals surface area contributed by atoms with Gasteiger partial charge in [-0.15, -0.1) is 0 Å². The smallest absolute Gasteiger partial charge is 0.330 e. The molecule has 0 unspecified atom stereocenters. The van der Waals surface area contributed by atoms with Gasteiger partial charge in [-0.25, -0.2) is 9.59 Å². The number of carboxylic acid groups (broad SMARTS) is 1. The SMILES string of the molecule is COC(=O)/C=C/CC[C@H](NC(=O)S)C(=O)O. The Balaban J connectivity index is 4.03. The molecule has 16 heavy (non-hydrogen) atoms. The normalized spacial score (nSPS) is 12.1. The molecule has 0 bridgehead atoms. The lowest BCUT2D eigenvalue weighted by molar-refractivity contribution is -0.139. The highest BCUT2D eigenvalue weighted by Gasteiger charge is 2.17. The van der Waals surface area contributed by atoms with E-state index in [-0.39, 0.29) is 6.42 Å². The average Bonchev–Trinajstić information content (AvgIpc) is 2.21. The van der Waals surface area contributed by atoms with E-state index in [4.69, 9.17) is 5.11 Å². The quantitative estimate of drug-likeness (QED) is 0.363. The Labute approximate surface area is 98.1 Å². The van der Waals surface area contributed by atoms with Crippen LogP contribution in [0.15, 0.2) is 12.2 Å². The number of aliphatic carboxylic acids is 1. The van der Waals surface area contributed by atoms with Crippen molar-refractivity contribution in [2.45, 2.75) is 18.9 Å². The van der Waals surface area contributed by atoms with Crippen molar-refractivity contribution in [3.63, 3.8) is 0 Å². The maximum atomic E-state index is 10.7. The Bertz CT molecular complexity index is 302. The molecule has 7 heteroatoms. The molecule has 0 spiro atoms. The zero-order valence-electron chi connectivity index (χ0n) is 8.67. The highest BCUT2D eigenvalue weighted by Crippen LogP contribution is 2.00. The van der Waals surface area contributed by atoms with E-state index in [2.05, 4.69) is 22.7 Å². The molecule has 0 aliphatic carbocycles. The van der Waals surface area contributed by atoms with Crippen LogP contribution in [0, 0.1) is 0 Å². The minimum atomic E-state index is -1.14. The number of carbonyl (C=O) groups excluding carboxylic acids is 2. The Hall–Kier alpha value is -1.50. The average molecular weight is 247 g/mol. The number of carboxylic acids is 1. The summed E-state index contributed by atoms with van der Waals surface area (Å²) < 4.78 is 4.35. The van der Waals surface area contributed by atoms with E-state index in [1.807, 2.05) is 0 Å². The van der Waals surface area contributed by atoms with Crippen LogP contribution in [0.2, 0.25) is 0 Å². The first-order valence-corrected chi connectivity index (χ1v) is 4.89. The summed E-state index contributed by atoms with van der Waals surface area (Å²) in [6.07, 6.45) is 3.18. The number of esters is 1. The summed E-state index contributed by atoms with van der Waals surface area (Å²) in [5, 5.41) is 10.2. The zero-order valence-corrected chi connectivity index (χ0v) is 9.57. The van der Waals surface area contributed by atoms with Gasteiger partial charge < -0.3 is 15.2 Å². The number of thiol groups is 1. The van der Waals surface area contributed by atoms with Gasteiger partial charge in [-0.1, -0.05) is 18.7 Å². The third-order valence-corrected chi connectivity index (χ3v) is 1.80. The molecule has 0 aliphatic heterocycles. The van der Waals surface area contributed by atoms with Crippen LogP contribution in [-0.4, -0.2) is 35.4 Å². The molecule has 0 aromatic carbocycles. The van der Waals surface area contributed by atoms with Gasteiger partial charge in [0.15, 0.2) is 0 Å². The van der Waals surface area contributed by atoms with Gasteiger partial charge in [0.05, 0.1) is 7.11 Å². The summed E-state index contributed by atoms with van der Waals surface area (Å²) in [4.78, 5) is 31.9. The highest BCUT2D eigenvalue weighted by molar-refractivity contribution is 7.96. The minimum Gasteiger partial charge on any atom is -0.480 e. The van der Waals surface area contributed by atoms with Gasteiger partial charge in [-0.05, 0) is 12.8 Å². The summed E-state index contributed by atoms with van der Waals surface area (Å²) in [6.45, 7) is 0. The Kier molecular flexibility index (Phi) is 7.02. The molecule has 2 N–H and O–H groups in total. The van der Waals surface area contributed by atoms with Crippen molar-refractivity contribution in [2.75, 3.05) is 7.11 Å². The van der Waals surface area contributed by atoms with Crippen LogP contribution in [-0.2, 0) is 14.3 Å². The molecule has 0 saturated carbocycles. The van der Waals surface area contributed by atoms with Crippen molar-refractivity contribution in [3.8, 4) is 0 Å². The van der Waals surface area contributed by atoms with Gasteiger partial charge in [0.25, 0.3) is 5.24 Å². The number of allylic oxidation sites excluding steroid dienone is 1. The second-order valence-corrected chi connectivity index (χ2v) is 3.25. The first-order chi connectivity index (χ1) is 7.47. The molecule has 1 amide bonds. The number of methoxy groups -OCH3 is 1. The van der Waals surface area contributed by atoms with Crippen LogP contribution in [0.1, 0.15) is 12.8 Å². The summed E-state index contributed by atoms with van der Waals surface area (Å²) in [5.74, 6) is -1.65. The lowest BCUT2D eigenvalue weighted by atomic mass is 10.1. The van der Waals surface area contributed by atoms with Gasteiger partial charge >= 0.3 is 11.9 Å². The van der Waals surface area contributed by atoms with Gasteiger partial charge in [0.1, 0.15) is 6.04 Å². The van der Waals surface area contributed by atoms with E-state index in [0.717, 1.165) is 0 Å². The van der Waals surface area contributed by atoms with Gasteiger partial charge in [-0.2, -0.15) is 0 Å². The maximum Gasteiger partial charge on any atom is 0.330 e. The van der Waals surface area contributed by atoms with E-state index in [1.165, 1.54) is 19.3 Å². The minimum absolute atomic E-state index is 0.176. The molecule has 90 valence electrons. The van der Waals surface area contributed by atoms with Gasteiger partial charge in [0, 0.05) is 6.08 Å². The molecule has 0 aliphatic rings. The maximum absolute atomic E-state index is 10.7. The molecule has 1 atom stereocenters. The van der Waals surface area contributed by atoms with E-state index >= 15 is 0 Å². The molecule has 0 radical (unpaired) electrons. The van der Waals surface area contributed by atoms with Crippen LogP contribution in [0.25, 0.3) is 0 Å². The third kappa shape index (κ3) is 6.88. The lowest BCUT2D eigenvalue weighted by Gasteiger charge is -2.10. The second kappa shape index (κ2) is 7.75. The van der Waals surface area contributed by atoms with Crippen LogP contribution in [0.4, 0.5) is 4.79 Å². The van der Waals surface area contributed by atoms with E-state index in [1.54, 1.807) is 0 Å². The van der Waals surface area contributed by atoms with Crippen LogP contribution in [0.5, 0.6) is 0 Å². The molecular formula is C9H13NO5S. The van der Waals surface area contributed by atoms with Crippen LogP contribution < -0.4 is 5.32 Å². The monoisotopic (exact) mass is 247 g/mol. The van der Waals surface area contributed by atoms with E-state index < -0.39 is 23.2 Å². The predicted octanol–water partition coefficient (Wildman–Crippen LogP) is 0.588. The molecule has 0 heterocycles. The van der Waals surface area contributed by atoms with Crippen molar-refractivity contribution >= 4 is 29.8 Å². The standard InChI is InChI=1S/C9H13NO5S/c1-15-7(11)5-3-2-4-6(8(12)13)10-9(14)16/h3,5-6H,2,4H2,1H3,(H,12,13)(H2,10,14,16)/b5-3+/t6-/m0/s1. The lowest BCUT2D eigenvalue weighted by Crippen LogP contribution is -2.37. The Morgan fingerprint density at radius 1 is 1.50 bits per heavy atom. The fourth-order valence-corrected chi connectivity index (χ4v) is 1.07. The molecule has 0 aromatic heterocycles. The zero-order chi connectivity index (χ0) is 12.6. The van der Waals surface area contributed by atoms with Crippen LogP contribution >= 0.6 is 12.6 Å². The molecular weight excluding hydrogens is 234 g/mol. The molecule has 0 aromatic rings.